The Labute approximate surface area is 116 Å². The average molecular weight is 269 g/mol. The van der Waals surface area contributed by atoms with Crippen LogP contribution in [0.2, 0.25) is 0 Å². The number of nitrogens with zero attached hydrogens (tertiary/aromatic N) is 4. The summed E-state index contributed by atoms with van der Waals surface area (Å²) in [6.07, 6.45) is 1.56. The van der Waals surface area contributed by atoms with Gasteiger partial charge in [-0.2, -0.15) is 10.5 Å². The lowest BCUT2D eigenvalue weighted by Crippen LogP contribution is -2.11. The lowest BCUT2D eigenvalue weighted by Gasteiger charge is -2.14. The number of anilines is 2. The molecule has 7 nitrogen and oxygen atoms in total. The van der Waals surface area contributed by atoms with Gasteiger partial charge < -0.3 is 10.6 Å². The van der Waals surface area contributed by atoms with E-state index in [4.69, 9.17) is 5.26 Å². The molecule has 1 aromatic heterocycles. The third-order valence-electron chi connectivity index (χ3n) is 2.45. The van der Waals surface area contributed by atoms with E-state index in [-0.39, 0.29) is 5.82 Å². The summed E-state index contributed by atoms with van der Waals surface area (Å²) in [6, 6.07) is 10.1. The minimum atomic E-state index is 0.259. The van der Waals surface area contributed by atoms with E-state index in [1.165, 1.54) is 0 Å². The molecule has 0 bridgehead atoms. The highest BCUT2D eigenvalue weighted by Crippen LogP contribution is 2.22. The van der Waals surface area contributed by atoms with Gasteiger partial charge in [-0.3, -0.25) is 0 Å². The van der Waals surface area contributed by atoms with E-state index in [0.29, 0.717) is 11.6 Å². The lowest BCUT2D eigenvalue weighted by molar-refractivity contribution is 0.881. The molecule has 102 valence electrons. The monoisotopic (exact) mass is 269 g/mol. The molecular formula is C13H15N7. The predicted molar refractivity (Wildman–Crippen MR) is 76.6 cm³/mol. The Morgan fingerprint density at radius 1 is 1.35 bits per heavy atom. The van der Waals surface area contributed by atoms with E-state index >= 15 is 0 Å². The van der Waals surface area contributed by atoms with Crippen molar-refractivity contribution in [3.05, 3.63) is 36.3 Å². The van der Waals surface area contributed by atoms with Crippen LogP contribution in [0.4, 0.5) is 11.4 Å². The van der Waals surface area contributed by atoms with Gasteiger partial charge in [-0.15, -0.1) is 10.2 Å². The van der Waals surface area contributed by atoms with Gasteiger partial charge in [0.05, 0.1) is 11.4 Å². The van der Waals surface area contributed by atoms with Crippen molar-refractivity contribution in [2.24, 2.45) is 0 Å². The minimum Gasteiger partial charge on any atom is -0.381 e. The molecule has 1 heterocycles. The normalized spacial score (nSPS) is 11.2. The molecule has 20 heavy (non-hydrogen) atoms. The van der Waals surface area contributed by atoms with Gasteiger partial charge in [-0.05, 0) is 31.2 Å². The molecular weight excluding hydrogens is 254 g/mol. The summed E-state index contributed by atoms with van der Waals surface area (Å²) in [5, 5.41) is 28.8. The van der Waals surface area contributed by atoms with Gasteiger partial charge in [0.2, 0.25) is 5.82 Å². The molecule has 3 N–H and O–H groups in total. The summed E-state index contributed by atoms with van der Waals surface area (Å²) in [6.45, 7) is 4.12. The van der Waals surface area contributed by atoms with Gasteiger partial charge in [0.25, 0.3) is 0 Å². The SMILES string of the molecule is CC(C)Nc1ccccc1NC=C(C#N)c1nn[nH]n1. The first-order valence-corrected chi connectivity index (χ1v) is 6.17. The first-order chi connectivity index (χ1) is 9.70. The van der Waals surface area contributed by atoms with Crippen LogP contribution in [0.15, 0.2) is 30.5 Å². The number of hydrogen-bond donors (Lipinski definition) is 3. The van der Waals surface area contributed by atoms with Crippen molar-refractivity contribution in [2.75, 3.05) is 10.6 Å². The van der Waals surface area contributed by atoms with Gasteiger partial charge >= 0.3 is 0 Å². The smallest absolute Gasteiger partial charge is 0.216 e. The molecule has 0 aliphatic rings. The minimum absolute atomic E-state index is 0.259. The van der Waals surface area contributed by atoms with Crippen LogP contribution >= 0.6 is 0 Å². The number of H-pyrrole nitrogens is 1. The summed E-state index contributed by atoms with van der Waals surface area (Å²) in [5.41, 5.74) is 2.14. The second kappa shape index (κ2) is 6.33. The number of rotatable bonds is 5. The fourth-order valence-electron chi connectivity index (χ4n) is 1.62. The molecule has 0 spiro atoms. The molecule has 2 rings (SSSR count). The Morgan fingerprint density at radius 2 is 2.10 bits per heavy atom. The molecule has 0 aliphatic carbocycles. The fraction of sp³-hybridized carbons (Fsp3) is 0.231. The quantitative estimate of drug-likeness (QED) is 0.717. The van der Waals surface area contributed by atoms with Crippen molar-refractivity contribution in [1.29, 1.82) is 5.26 Å². The third kappa shape index (κ3) is 3.32. The summed E-state index contributed by atoms with van der Waals surface area (Å²) >= 11 is 0. The maximum absolute atomic E-state index is 9.09. The van der Waals surface area contributed by atoms with E-state index in [1.54, 1.807) is 6.20 Å². The number of nitrogens with one attached hydrogen (secondary N) is 3. The van der Waals surface area contributed by atoms with Gasteiger partial charge in [-0.1, -0.05) is 12.1 Å². The van der Waals surface area contributed by atoms with Crippen LogP contribution in [0.3, 0.4) is 0 Å². The van der Waals surface area contributed by atoms with Gasteiger partial charge in [0, 0.05) is 12.2 Å². The summed E-state index contributed by atoms with van der Waals surface area (Å²) in [5.74, 6) is 0.259. The Kier molecular flexibility index (Phi) is 4.29. The Morgan fingerprint density at radius 3 is 2.70 bits per heavy atom. The molecule has 0 saturated heterocycles. The van der Waals surface area contributed by atoms with Crippen molar-refractivity contribution in [2.45, 2.75) is 19.9 Å². The van der Waals surface area contributed by atoms with Crippen LogP contribution in [0.5, 0.6) is 0 Å². The van der Waals surface area contributed by atoms with Crippen LogP contribution in [0.1, 0.15) is 19.7 Å². The zero-order valence-electron chi connectivity index (χ0n) is 11.3. The van der Waals surface area contributed by atoms with Crippen molar-refractivity contribution in [3.63, 3.8) is 0 Å². The first-order valence-electron chi connectivity index (χ1n) is 6.17. The van der Waals surface area contributed by atoms with E-state index < -0.39 is 0 Å². The van der Waals surface area contributed by atoms with Crippen molar-refractivity contribution in [3.8, 4) is 6.07 Å². The number of allylic oxidation sites excluding steroid dienone is 1. The Hall–Kier alpha value is -2.88. The topological polar surface area (TPSA) is 102 Å². The lowest BCUT2D eigenvalue weighted by atomic mass is 10.2. The molecule has 0 radical (unpaired) electrons. The number of aromatic amines is 1. The molecule has 1 aromatic carbocycles. The number of nitriles is 1. The van der Waals surface area contributed by atoms with Crippen LogP contribution in [-0.4, -0.2) is 26.7 Å². The highest BCUT2D eigenvalue weighted by molar-refractivity contribution is 5.77. The van der Waals surface area contributed by atoms with Gasteiger partial charge in [-0.25, -0.2) is 0 Å². The maximum Gasteiger partial charge on any atom is 0.216 e. The first kappa shape index (κ1) is 13.5. The van der Waals surface area contributed by atoms with E-state index in [1.807, 2.05) is 30.3 Å². The molecule has 0 atom stereocenters. The number of hydrogen-bond acceptors (Lipinski definition) is 6. The van der Waals surface area contributed by atoms with Crippen molar-refractivity contribution >= 4 is 16.9 Å². The average Bonchev–Trinajstić information content (AvgIpc) is 2.95. The Bertz CT molecular complexity index is 622. The van der Waals surface area contributed by atoms with Crippen LogP contribution < -0.4 is 10.6 Å². The molecule has 0 aliphatic heterocycles. The van der Waals surface area contributed by atoms with Crippen LogP contribution in [-0.2, 0) is 0 Å². The number of tetrazole rings is 1. The van der Waals surface area contributed by atoms with Crippen molar-refractivity contribution < 1.29 is 0 Å². The second-order valence-electron chi connectivity index (χ2n) is 4.39. The van der Waals surface area contributed by atoms with E-state index in [9.17, 15) is 0 Å². The number of benzene rings is 1. The maximum atomic E-state index is 9.09. The van der Waals surface area contributed by atoms with Gasteiger partial charge in [0.15, 0.2) is 0 Å². The van der Waals surface area contributed by atoms with Gasteiger partial charge in [0.1, 0.15) is 11.6 Å². The zero-order chi connectivity index (χ0) is 14.4. The van der Waals surface area contributed by atoms with Crippen LogP contribution in [0.25, 0.3) is 5.57 Å². The number of para-hydroxylation sites is 2. The predicted octanol–water partition coefficient (Wildman–Crippen LogP) is 2.00. The highest BCUT2D eigenvalue weighted by Gasteiger charge is 2.06. The highest BCUT2D eigenvalue weighted by atomic mass is 15.5. The standard InChI is InChI=1S/C13H15N7/c1-9(2)16-12-6-4-3-5-11(12)15-8-10(7-14)13-17-19-20-18-13/h3-6,8-9,15-16H,1-2H3,(H,17,18,19,20). The fourth-order valence-corrected chi connectivity index (χ4v) is 1.62. The molecule has 0 fully saturated rings. The van der Waals surface area contributed by atoms with E-state index in [0.717, 1.165) is 11.4 Å². The third-order valence-corrected chi connectivity index (χ3v) is 2.45. The zero-order valence-corrected chi connectivity index (χ0v) is 11.3. The molecule has 0 unspecified atom stereocenters. The van der Waals surface area contributed by atoms with E-state index in [2.05, 4.69) is 45.1 Å². The summed E-state index contributed by atoms with van der Waals surface area (Å²) < 4.78 is 0. The summed E-state index contributed by atoms with van der Waals surface area (Å²) in [4.78, 5) is 0. The van der Waals surface area contributed by atoms with Crippen LogP contribution in [0, 0.1) is 11.3 Å². The second-order valence-corrected chi connectivity index (χ2v) is 4.39. The largest absolute Gasteiger partial charge is 0.381 e. The Balaban J connectivity index is 2.20. The molecule has 2 aromatic rings. The van der Waals surface area contributed by atoms with Crippen molar-refractivity contribution in [1.82, 2.24) is 20.6 Å². The summed E-state index contributed by atoms with van der Waals surface area (Å²) in [7, 11) is 0. The molecule has 7 heteroatoms. The molecule has 0 saturated carbocycles. The molecule has 0 amide bonds. The number of aromatic nitrogens is 4.